The fraction of sp³-hybridized carbons (Fsp3) is 0.500. The summed E-state index contributed by atoms with van der Waals surface area (Å²) in [5, 5.41) is 7.24. The van der Waals surface area contributed by atoms with Crippen molar-refractivity contribution >= 4 is 12.4 Å². The number of hydrogen-bond acceptors (Lipinski definition) is 2. The molecule has 2 nitrogen and oxygen atoms in total. The average Bonchev–Trinajstić information content (AvgIpc) is 1.72. The van der Waals surface area contributed by atoms with E-state index in [-0.39, 0.29) is 0 Å². The van der Waals surface area contributed by atoms with Crippen LogP contribution < -0.4 is 0 Å². The molecule has 0 aliphatic carbocycles. The minimum absolute atomic E-state index is 1.06. The van der Waals surface area contributed by atoms with Crippen LogP contribution >= 0.6 is 0 Å². The Kier molecular flexibility index (Phi) is 0.998. The fourth-order valence-corrected chi connectivity index (χ4v) is 0.359. The van der Waals surface area contributed by atoms with Gasteiger partial charge in [0.25, 0.3) is 0 Å². The summed E-state index contributed by atoms with van der Waals surface area (Å²) in [6.45, 7) is 0. The zero-order valence-electron chi connectivity index (χ0n) is 3.46. The van der Waals surface area contributed by atoms with Crippen molar-refractivity contribution in [3.05, 3.63) is 0 Å². The highest BCUT2D eigenvalue weighted by atomic mass is 15.2. The predicted molar refractivity (Wildman–Crippen MR) is 26.2 cm³/mol. The molecule has 0 aromatic carbocycles. The molecule has 1 aliphatic rings. The SMILES string of the molecule is C1=NN=CCC1. The van der Waals surface area contributed by atoms with Crippen molar-refractivity contribution in [2.45, 2.75) is 12.8 Å². The lowest BCUT2D eigenvalue weighted by Crippen LogP contribution is -1.82. The van der Waals surface area contributed by atoms with Crippen LogP contribution in [0.25, 0.3) is 0 Å². The first-order valence-electron chi connectivity index (χ1n) is 2.03. The Hall–Kier alpha value is -0.660. The highest BCUT2D eigenvalue weighted by Gasteiger charge is 1.80. The van der Waals surface area contributed by atoms with E-state index >= 15 is 0 Å². The number of nitrogens with zero attached hydrogens (tertiary/aromatic N) is 2. The van der Waals surface area contributed by atoms with E-state index in [0.29, 0.717) is 0 Å². The van der Waals surface area contributed by atoms with Crippen LogP contribution in [-0.4, -0.2) is 12.4 Å². The van der Waals surface area contributed by atoms with E-state index in [1.165, 1.54) is 0 Å². The van der Waals surface area contributed by atoms with Crippen molar-refractivity contribution < 1.29 is 0 Å². The van der Waals surface area contributed by atoms with Crippen LogP contribution in [-0.2, 0) is 0 Å². The summed E-state index contributed by atoms with van der Waals surface area (Å²) in [4.78, 5) is 0. The van der Waals surface area contributed by atoms with E-state index in [1.54, 1.807) is 0 Å². The van der Waals surface area contributed by atoms with Gasteiger partial charge in [0.15, 0.2) is 0 Å². The molecule has 0 saturated heterocycles. The van der Waals surface area contributed by atoms with E-state index in [0.717, 1.165) is 12.8 Å². The molecule has 0 amide bonds. The van der Waals surface area contributed by atoms with Crippen LogP contribution in [0.15, 0.2) is 10.2 Å². The van der Waals surface area contributed by atoms with Crippen LogP contribution in [0, 0.1) is 0 Å². The molecule has 0 aromatic heterocycles. The maximum absolute atomic E-state index is 3.62. The monoisotopic (exact) mass is 82.1 g/mol. The largest absolute Gasteiger partial charge is 0.164 e. The molecule has 1 rings (SSSR count). The Labute approximate surface area is 36.6 Å². The second-order valence-corrected chi connectivity index (χ2v) is 1.17. The smallest absolute Gasteiger partial charge is 0.0273 e. The Bertz CT molecular complexity index is 71.5. The molecule has 0 aromatic rings. The number of hydrogen-bond donors (Lipinski definition) is 0. The fourth-order valence-electron chi connectivity index (χ4n) is 0.359. The molecule has 1 aliphatic heterocycles. The Balaban J connectivity index is 2.46. The maximum atomic E-state index is 3.62. The van der Waals surface area contributed by atoms with Gasteiger partial charge in [-0.15, -0.1) is 0 Å². The number of rotatable bonds is 0. The summed E-state index contributed by atoms with van der Waals surface area (Å²) in [7, 11) is 0. The first-order chi connectivity index (χ1) is 3.00. The van der Waals surface area contributed by atoms with Crippen LogP contribution in [0.5, 0.6) is 0 Å². The molecule has 0 unspecified atom stereocenters. The van der Waals surface area contributed by atoms with Gasteiger partial charge in [-0.1, -0.05) is 0 Å². The maximum Gasteiger partial charge on any atom is 0.0273 e. The summed E-state index contributed by atoms with van der Waals surface area (Å²) in [5.74, 6) is 0. The lowest BCUT2D eigenvalue weighted by Gasteiger charge is -1.86. The summed E-state index contributed by atoms with van der Waals surface area (Å²) >= 11 is 0. The molecular formula is C4H6N2. The van der Waals surface area contributed by atoms with Gasteiger partial charge in [-0.2, -0.15) is 10.2 Å². The highest BCUT2D eigenvalue weighted by Crippen LogP contribution is 1.86. The molecule has 0 saturated carbocycles. The zero-order chi connectivity index (χ0) is 4.24. The molecule has 6 heavy (non-hydrogen) atoms. The normalized spacial score (nSPS) is 18.7. The third kappa shape index (κ3) is 0.641. The third-order valence-corrected chi connectivity index (χ3v) is 0.655. The minimum atomic E-state index is 1.06. The Morgan fingerprint density at radius 3 is 1.67 bits per heavy atom. The molecule has 0 spiro atoms. The molecule has 0 radical (unpaired) electrons. The molecule has 32 valence electrons. The van der Waals surface area contributed by atoms with Crippen LogP contribution in [0.2, 0.25) is 0 Å². The lowest BCUT2D eigenvalue weighted by atomic mass is 10.3. The van der Waals surface area contributed by atoms with Crippen molar-refractivity contribution in [3.8, 4) is 0 Å². The highest BCUT2D eigenvalue weighted by molar-refractivity contribution is 5.69. The van der Waals surface area contributed by atoms with E-state index in [4.69, 9.17) is 0 Å². The Morgan fingerprint density at radius 1 is 1.00 bits per heavy atom. The average molecular weight is 82.1 g/mol. The van der Waals surface area contributed by atoms with Crippen molar-refractivity contribution in [1.29, 1.82) is 0 Å². The van der Waals surface area contributed by atoms with E-state index in [1.807, 2.05) is 12.4 Å². The van der Waals surface area contributed by atoms with Gasteiger partial charge in [0.05, 0.1) is 0 Å². The molecule has 2 heteroatoms. The van der Waals surface area contributed by atoms with Crippen molar-refractivity contribution in [2.75, 3.05) is 0 Å². The molecule has 0 fully saturated rings. The van der Waals surface area contributed by atoms with E-state index < -0.39 is 0 Å². The van der Waals surface area contributed by atoms with Gasteiger partial charge in [-0.05, 0) is 12.8 Å². The van der Waals surface area contributed by atoms with Gasteiger partial charge in [-0.25, -0.2) is 0 Å². The standard InChI is InChI=1S/C4H6N2/c1-2-4-6-5-3-1/h3-4H,1-2H2. The van der Waals surface area contributed by atoms with Gasteiger partial charge in [0, 0.05) is 12.4 Å². The van der Waals surface area contributed by atoms with Gasteiger partial charge >= 0.3 is 0 Å². The topological polar surface area (TPSA) is 24.7 Å². The predicted octanol–water partition coefficient (Wildman–Crippen LogP) is 0.837. The van der Waals surface area contributed by atoms with E-state index in [2.05, 4.69) is 10.2 Å². The van der Waals surface area contributed by atoms with Crippen molar-refractivity contribution in [2.24, 2.45) is 10.2 Å². The molecule has 0 bridgehead atoms. The van der Waals surface area contributed by atoms with Gasteiger partial charge in [0.2, 0.25) is 0 Å². The molecular weight excluding hydrogens is 76.1 g/mol. The van der Waals surface area contributed by atoms with Crippen LogP contribution in [0.4, 0.5) is 0 Å². The van der Waals surface area contributed by atoms with Crippen LogP contribution in [0.1, 0.15) is 12.8 Å². The zero-order valence-corrected chi connectivity index (χ0v) is 3.46. The summed E-state index contributed by atoms with van der Waals surface area (Å²) in [6, 6.07) is 0. The summed E-state index contributed by atoms with van der Waals surface area (Å²) < 4.78 is 0. The second-order valence-electron chi connectivity index (χ2n) is 1.17. The first kappa shape index (κ1) is 3.53. The summed E-state index contributed by atoms with van der Waals surface area (Å²) in [5.41, 5.74) is 0. The van der Waals surface area contributed by atoms with Crippen LogP contribution in [0.3, 0.4) is 0 Å². The lowest BCUT2D eigenvalue weighted by molar-refractivity contribution is 1.09. The quantitative estimate of drug-likeness (QED) is 0.413. The van der Waals surface area contributed by atoms with Crippen molar-refractivity contribution in [3.63, 3.8) is 0 Å². The van der Waals surface area contributed by atoms with Gasteiger partial charge in [-0.3, -0.25) is 0 Å². The Morgan fingerprint density at radius 2 is 1.50 bits per heavy atom. The van der Waals surface area contributed by atoms with Gasteiger partial charge < -0.3 is 0 Å². The minimum Gasteiger partial charge on any atom is -0.164 e. The molecule has 0 N–H and O–H groups in total. The molecule has 1 heterocycles. The second kappa shape index (κ2) is 1.70. The van der Waals surface area contributed by atoms with Crippen molar-refractivity contribution in [1.82, 2.24) is 0 Å². The first-order valence-corrected chi connectivity index (χ1v) is 2.03. The third-order valence-electron chi connectivity index (χ3n) is 0.655. The van der Waals surface area contributed by atoms with E-state index in [9.17, 15) is 0 Å². The summed E-state index contributed by atoms with van der Waals surface area (Å²) in [6.07, 6.45) is 5.76. The molecule has 0 atom stereocenters. The van der Waals surface area contributed by atoms with Gasteiger partial charge in [0.1, 0.15) is 0 Å².